The van der Waals surface area contributed by atoms with Gasteiger partial charge in [0.2, 0.25) is 5.91 Å². The van der Waals surface area contributed by atoms with Crippen molar-refractivity contribution in [2.45, 2.75) is 12.8 Å². The molecule has 4 heterocycles. The number of carbonyl (C=O) groups is 1. The molecule has 1 amide bonds. The highest BCUT2D eigenvalue weighted by Crippen LogP contribution is 2.15. The molecule has 1 aliphatic rings. The van der Waals surface area contributed by atoms with Gasteiger partial charge in [0.25, 0.3) is 0 Å². The normalized spacial score (nSPS) is 15.7. The summed E-state index contributed by atoms with van der Waals surface area (Å²) in [6, 6.07) is 3.85. The highest BCUT2D eigenvalue weighted by molar-refractivity contribution is 7.15. The summed E-state index contributed by atoms with van der Waals surface area (Å²) in [6.45, 7) is 3.15. The van der Waals surface area contributed by atoms with Gasteiger partial charge in [-0.3, -0.25) is 9.20 Å². The van der Waals surface area contributed by atoms with E-state index in [1.54, 1.807) is 17.5 Å². The number of nitrogens with zero attached hydrogens (tertiary/aromatic N) is 6. The molecular formula is C16H18N6OS. The van der Waals surface area contributed by atoms with Gasteiger partial charge in [0.05, 0.1) is 12.1 Å². The van der Waals surface area contributed by atoms with Crippen molar-refractivity contribution in [2.75, 3.05) is 31.1 Å². The lowest BCUT2D eigenvalue weighted by molar-refractivity contribution is -0.130. The Morgan fingerprint density at radius 1 is 1.25 bits per heavy atom. The molecule has 24 heavy (non-hydrogen) atoms. The minimum absolute atomic E-state index is 0.141. The molecule has 1 fully saturated rings. The summed E-state index contributed by atoms with van der Waals surface area (Å²) >= 11 is 1.58. The number of thiazole rings is 1. The van der Waals surface area contributed by atoms with Crippen LogP contribution in [0.2, 0.25) is 0 Å². The topological polar surface area (TPSA) is 66.6 Å². The van der Waals surface area contributed by atoms with Crippen LogP contribution in [0.4, 0.5) is 5.82 Å². The molecule has 3 aromatic heterocycles. The first kappa shape index (κ1) is 15.1. The second kappa shape index (κ2) is 6.56. The second-order valence-electron chi connectivity index (χ2n) is 5.81. The molecule has 0 spiro atoms. The third-order valence-corrected chi connectivity index (χ3v) is 4.98. The molecule has 8 heteroatoms. The zero-order chi connectivity index (χ0) is 16.4. The van der Waals surface area contributed by atoms with Crippen molar-refractivity contribution in [2.24, 2.45) is 0 Å². The van der Waals surface area contributed by atoms with Crippen molar-refractivity contribution in [1.82, 2.24) is 24.5 Å². The molecule has 4 rings (SSSR count). The second-order valence-corrected chi connectivity index (χ2v) is 6.68. The van der Waals surface area contributed by atoms with Gasteiger partial charge in [-0.15, -0.1) is 16.4 Å². The Bertz CT molecular complexity index is 801. The molecule has 0 radical (unpaired) electrons. The first-order valence-corrected chi connectivity index (χ1v) is 8.89. The minimum atomic E-state index is 0.141. The predicted octanol–water partition coefficient (Wildman–Crippen LogP) is 1.47. The molecule has 0 aromatic carbocycles. The first-order valence-electron chi connectivity index (χ1n) is 8.01. The van der Waals surface area contributed by atoms with E-state index in [0.29, 0.717) is 13.0 Å². The van der Waals surface area contributed by atoms with Gasteiger partial charge in [-0.1, -0.05) is 0 Å². The SMILES string of the molecule is O=C(Cc1cn2ccsc2n1)N1CCCN(c2cccnn2)CC1. The van der Waals surface area contributed by atoms with Gasteiger partial charge in [0.15, 0.2) is 10.8 Å². The highest BCUT2D eigenvalue weighted by atomic mass is 32.1. The van der Waals surface area contributed by atoms with E-state index in [9.17, 15) is 4.79 Å². The molecule has 0 aliphatic carbocycles. The van der Waals surface area contributed by atoms with Crippen LogP contribution in [0.15, 0.2) is 36.1 Å². The first-order chi connectivity index (χ1) is 11.8. The average Bonchev–Trinajstić information content (AvgIpc) is 3.08. The summed E-state index contributed by atoms with van der Waals surface area (Å²) in [5.74, 6) is 1.02. The van der Waals surface area contributed by atoms with Gasteiger partial charge in [-0.2, -0.15) is 5.10 Å². The van der Waals surface area contributed by atoms with Gasteiger partial charge >= 0.3 is 0 Å². The lowest BCUT2D eigenvalue weighted by Crippen LogP contribution is -2.36. The number of fused-ring (bicyclic) bond motifs is 1. The zero-order valence-electron chi connectivity index (χ0n) is 13.2. The predicted molar refractivity (Wildman–Crippen MR) is 92.2 cm³/mol. The Morgan fingerprint density at radius 2 is 2.21 bits per heavy atom. The lowest BCUT2D eigenvalue weighted by Gasteiger charge is -2.22. The van der Waals surface area contributed by atoms with Crippen LogP contribution >= 0.6 is 11.3 Å². The largest absolute Gasteiger partial charge is 0.353 e. The van der Waals surface area contributed by atoms with Crippen molar-refractivity contribution in [3.05, 3.63) is 41.8 Å². The molecule has 0 atom stereocenters. The van der Waals surface area contributed by atoms with Crippen molar-refractivity contribution in [3.63, 3.8) is 0 Å². The van der Waals surface area contributed by atoms with Crippen LogP contribution in [0, 0.1) is 0 Å². The Kier molecular flexibility index (Phi) is 4.12. The van der Waals surface area contributed by atoms with Crippen LogP contribution < -0.4 is 4.90 Å². The van der Waals surface area contributed by atoms with E-state index in [1.807, 2.05) is 39.2 Å². The van der Waals surface area contributed by atoms with Crippen LogP contribution in [0.25, 0.3) is 4.96 Å². The molecule has 1 saturated heterocycles. The van der Waals surface area contributed by atoms with Crippen molar-refractivity contribution < 1.29 is 4.79 Å². The fourth-order valence-electron chi connectivity index (χ4n) is 2.99. The molecule has 0 bridgehead atoms. The Morgan fingerprint density at radius 3 is 3.04 bits per heavy atom. The van der Waals surface area contributed by atoms with Crippen LogP contribution in [0.5, 0.6) is 0 Å². The minimum Gasteiger partial charge on any atom is -0.353 e. The number of hydrogen-bond donors (Lipinski definition) is 0. The molecule has 3 aromatic rings. The van der Waals surface area contributed by atoms with E-state index in [2.05, 4.69) is 20.1 Å². The highest BCUT2D eigenvalue weighted by Gasteiger charge is 2.21. The summed E-state index contributed by atoms with van der Waals surface area (Å²) in [5.41, 5.74) is 0.835. The maximum absolute atomic E-state index is 12.6. The molecule has 1 aliphatic heterocycles. The van der Waals surface area contributed by atoms with Gasteiger partial charge in [-0.05, 0) is 18.6 Å². The Hall–Kier alpha value is -2.48. The number of hydrogen-bond acceptors (Lipinski definition) is 6. The fourth-order valence-corrected chi connectivity index (χ4v) is 3.70. The number of anilines is 1. The molecule has 0 unspecified atom stereocenters. The summed E-state index contributed by atoms with van der Waals surface area (Å²) in [5, 5.41) is 10.1. The average molecular weight is 342 g/mol. The number of carbonyl (C=O) groups excluding carboxylic acids is 1. The lowest BCUT2D eigenvalue weighted by atomic mass is 10.3. The number of aromatic nitrogens is 4. The summed E-state index contributed by atoms with van der Waals surface area (Å²) in [6.07, 6.45) is 6.87. The smallest absolute Gasteiger partial charge is 0.228 e. The van der Waals surface area contributed by atoms with Crippen molar-refractivity contribution in [1.29, 1.82) is 0 Å². The van der Waals surface area contributed by atoms with E-state index in [-0.39, 0.29) is 5.91 Å². The maximum atomic E-state index is 12.6. The summed E-state index contributed by atoms with van der Waals surface area (Å²) < 4.78 is 1.96. The van der Waals surface area contributed by atoms with E-state index >= 15 is 0 Å². The van der Waals surface area contributed by atoms with Crippen molar-refractivity contribution >= 4 is 28.0 Å². The van der Waals surface area contributed by atoms with Gasteiger partial charge in [0, 0.05) is 50.1 Å². The molecular weight excluding hydrogens is 324 g/mol. The van der Waals surface area contributed by atoms with Gasteiger partial charge < -0.3 is 9.80 Å². The standard InChI is InChI=1S/C16H18N6OS/c23-15(11-13-12-22-9-10-24-16(22)18-13)21-6-2-5-20(7-8-21)14-3-1-4-17-19-14/h1,3-4,9-10,12H,2,5-8,11H2. The number of imidazole rings is 1. The number of rotatable bonds is 3. The van der Waals surface area contributed by atoms with E-state index in [4.69, 9.17) is 0 Å². The Balaban J connectivity index is 1.39. The van der Waals surface area contributed by atoms with Gasteiger partial charge in [0.1, 0.15) is 0 Å². The summed E-state index contributed by atoms with van der Waals surface area (Å²) in [7, 11) is 0. The molecule has 0 saturated carbocycles. The third kappa shape index (κ3) is 3.09. The summed E-state index contributed by atoms with van der Waals surface area (Å²) in [4.78, 5) is 22.1. The molecule has 7 nitrogen and oxygen atoms in total. The van der Waals surface area contributed by atoms with Gasteiger partial charge in [-0.25, -0.2) is 4.98 Å². The van der Waals surface area contributed by atoms with Crippen LogP contribution in [0.3, 0.4) is 0 Å². The fraction of sp³-hybridized carbons (Fsp3) is 0.375. The van der Waals surface area contributed by atoms with E-state index in [1.165, 1.54) is 0 Å². The third-order valence-electron chi connectivity index (χ3n) is 4.21. The van der Waals surface area contributed by atoms with Crippen LogP contribution in [0.1, 0.15) is 12.1 Å². The maximum Gasteiger partial charge on any atom is 0.228 e. The Labute approximate surface area is 143 Å². The van der Waals surface area contributed by atoms with E-state index in [0.717, 1.165) is 42.5 Å². The quantitative estimate of drug-likeness (QED) is 0.721. The zero-order valence-corrected chi connectivity index (χ0v) is 14.0. The molecule has 124 valence electrons. The monoisotopic (exact) mass is 342 g/mol. The van der Waals surface area contributed by atoms with E-state index < -0.39 is 0 Å². The van der Waals surface area contributed by atoms with Crippen molar-refractivity contribution in [3.8, 4) is 0 Å². The number of amides is 1. The molecule has 0 N–H and O–H groups in total. The van der Waals surface area contributed by atoms with Crippen LogP contribution in [-0.2, 0) is 11.2 Å². The van der Waals surface area contributed by atoms with Crippen LogP contribution in [-0.4, -0.2) is 56.6 Å².